The number of carbonyl (C=O) groups excluding carboxylic acids is 3. The molecule has 170 valence electrons. The van der Waals surface area contributed by atoms with Gasteiger partial charge in [0, 0.05) is 50.7 Å². The molecule has 10 nitrogen and oxygen atoms in total. The van der Waals surface area contributed by atoms with E-state index in [0.717, 1.165) is 24.4 Å². The number of rotatable bonds is 8. The van der Waals surface area contributed by atoms with Gasteiger partial charge in [0.25, 0.3) is 0 Å². The molecule has 11 heteroatoms. The van der Waals surface area contributed by atoms with Crippen LogP contribution in [0.15, 0.2) is 35.5 Å². The summed E-state index contributed by atoms with van der Waals surface area (Å²) in [6.45, 7) is 2.37. The number of primary amides is 1. The molecule has 4 rings (SSSR count). The van der Waals surface area contributed by atoms with Crippen molar-refractivity contribution >= 4 is 35.3 Å². The number of aromatic nitrogens is 3. The zero-order chi connectivity index (χ0) is 22.5. The van der Waals surface area contributed by atoms with Crippen molar-refractivity contribution in [1.29, 1.82) is 0 Å². The predicted octanol–water partition coefficient (Wildman–Crippen LogP) is 1.50. The van der Waals surface area contributed by atoms with E-state index in [-0.39, 0.29) is 30.0 Å². The maximum atomic E-state index is 12.7. The van der Waals surface area contributed by atoms with E-state index in [2.05, 4.69) is 15.5 Å². The smallest absolute Gasteiger partial charge is 0.321 e. The first kappa shape index (κ1) is 22.1. The van der Waals surface area contributed by atoms with Crippen LogP contribution in [0.25, 0.3) is 0 Å². The van der Waals surface area contributed by atoms with E-state index in [1.807, 2.05) is 34.9 Å². The fourth-order valence-corrected chi connectivity index (χ4v) is 4.46. The zero-order valence-electron chi connectivity index (χ0n) is 17.8. The Kier molecular flexibility index (Phi) is 6.93. The van der Waals surface area contributed by atoms with Crippen molar-refractivity contribution < 1.29 is 14.4 Å². The van der Waals surface area contributed by atoms with Crippen LogP contribution >= 0.6 is 11.8 Å². The number of hydrogen-bond donors (Lipinski definition) is 2. The van der Waals surface area contributed by atoms with Crippen molar-refractivity contribution in [2.24, 2.45) is 5.73 Å². The lowest BCUT2D eigenvalue weighted by Gasteiger charge is -2.34. The fraction of sp³-hybridized carbons (Fsp3) is 0.476. The first-order chi connectivity index (χ1) is 15.5. The van der Waals surface area contributed by atoms with E-state index in [4.69, 9.17) is 5.73 Å². The fourth-order valence-electron chi connectivity index (χ4n) is 3.58. The number of piperazine rings is 1. The minimum Gasteiger partial charge on any atom is -0.370 e. The molecule has 0 spiro atoms. The van der Waals surface area contributed by atoms with Gasteiger partial charge in [-0.25, -0.2) is 4.79 Å². The van der Waals surface area contributed by atoms with Crippen LogP contribution in [0, 0.1) is 0 Å². The highest BCUT2D eigenvalue weighted by molar-refractivity contribution is 7.99. The number of nitrogens with two attached hydrogens (primary N) is 1. The van der Waals surface area contributed by atoms with Crippen molar-refractivity contribution in [2.75, 3.05) is 37.2 Å². The van der Waals surface area contributed by atoms with Gasteiger partial charge in [-0.3, -0.25) is 9.59 Å². The second kappa shape index (κ2) is 10.0. The van der Waals surface area contributed by atoms with Crippen LogP contribution in [0.2, 0.25) is 0 Å². The van der Waals surface area contributed by atoms with Crippen LogP contribution in [0.1, 0.15) is 31.0 Å². The van der Waals surface area contributed by atoms with E-state index >= 15 is 0 Å². The lowest BCUT2D eigenvalue weighted by molar-refractivity contribution is -0.129. The monoisotopic (exact) mass is 457 g/mol. The molecular formula is C21H27N7O3S. The Balaban J connectivity index is 1.26. The number of amides is 4. The van der Waals surface area contributed by atoms with E-state index in [0.29, 0.717) is 43.8 Å². The van der Waals surface area contributed by atoms with E-state index in [9.17, 15) is 14.4 Å². The van der Waals surface area contributed by atoms with E-state index in [1.165, 1.54) is 11.8 Å². The Bertz CT molecular complexity index is 969. The molecule has 2 fully saturated rings. The van der Waals surface area contributed by atoms with Crippen molar-refractivity contribution in [3.05, 3.63) is 36.2 Å². The Morgan fingerprint density at radius 2 is 1.72 bits per heavy atom. The Labute approximate surface area is 190 Å². The minimum atomic E-state index is -0.373. The molecule has 1 saturated carbocycles. The molecule has 1 aromatic heterocycles. The van der Waals surface area contributed by atoms with Gasteiger partial charge in [-0.15, -0.1) is 10.2 Å². The summed E-state index contributed by atoms with van der Waals surface area (Å²) in [7, 11) is 0. The van der Waals surface area contributed by atoms with Gasteiger partial charge in [0.1, 0.15) is 5.82 Å². The Hall–Kier alpha value is -3.08. The second-order valence-electron chi connectivity index (χ2n) is 7.94. The van der Waals surface area contributed by atoms with Gasteiger partial charge in [0.05, 0.1) is 5.75 Å². The van der Waals surface area contributed by atoms with Gasteiger partial charge in [0.15, 0.2) is 5.16 Å². The summed E-state index contributed by atoms with van der Waals surface area (Å²) in [6, 6.07) is 9.15. The number of anilines is 1. The van der Waals surface area contributed by atoms with E-state index in [1.54, 1.807) is 9.80 Å². The molecule has 1 aromatic carbocycles. The molecule has 1 aliphatic heterocycles. The number of para-hydroxylation sites is 1. The average Bonchev–Trinajstić information content (AvgIpc) is 3.57. The molecule has 1 saturated heterocycles. The molecule has 3 N–H and O–H groups in total. The molecule has 1 aliphatic carbocycles. The van der Waals surface area contributed by atoms with Gasteiger partial charge in [-0.2, -0.15) is 0 Å². The zero-order valence-corrected chi connectivity index (χ0v) is 18.6. The molecule has 2 aliphatic rings. The highest BCUT2D eigenvalue weighted by Gasteiger charge is 2.31. The predicted molar refractivity (Wildman–Crippen MR) is 120 cm³/mol. The summed E-state index contributed by atoms with van der Waals surface area (Å²) in [5.41, 5.74) is 6.05. The number of benzene rings is 1. The number of thioether (sulfide) groups is 1. The first-order valence-corrected chi connectivity index (χ1v) is 11.7. The highest BCUT2D eigenvalue weighted by Crippen LogP contribution is 2.40. The van der Waals surface area contributed by atoms with Crippen LogP contribution < -0.4 is 11.1 Å². The molecule has 0 unspecified atom stereocenters. The maximum Gasteiger partial charge on any atom is 0.321 e. The van der Waals surface area contributed by atoms with Crippen LogP contribution in [-0.2, 0) is 16.1 Å². The summed E-state index contributed by atoms with van der Waals surface area (Å²) in [5.74, 6) is 1.11. The molecular weight excluding hydrogens is 430 g/mol. The topological polar surface area (TPSA) is 126 Å². The second-order valence-corrected chi connectivity index (χ2v) is 8.88. The minimum absolute atomic E-state index is 0.00413. The third-order valence-electron chi connectivity index (χ3n) is 5.54. The van der Waals surface area contributed by atoms with Gasteiger partial charge >= 0.3 is 6.03 Å². The number of carbonyl (C=O) groups is 3. The lowest BCUT2D eigenvalue weighted by Crippen LogP contribution is -2.52. The molecule has 2 aromatic rings. The molecule has 4 amide bonds. The van der Waals surface area contributed by atoms with Gasteiger partial charge in [-0.1, -0.05) is 30.0 Å². The molecule has 0 bridgehead atoms. The van der Waals surface area contributed by atoms with Crippen molar-refractivity contribution in [3.63, 3.8) is 0 Å². The summed E-state index contributed by atoms with van der Waals surface area (Å²) >= 11 is 1.33. The number of hydrogen-bond acceptors (Lipinski definition) is 6. The first-order valence-electron chi connectivity index (χ1n) is 10.7. The summed E-state index contributed by atoms with van der Waals surface area (Å²) < 4.78 is 1.92. The normalized spacial score (nSPS) is 16.1. The van der Waals surface area contributed by atoms with Gasteiger partial charge in [-0.05, 0) is 25.0 Å². The highest BCUT2D eigenvalue weighted by atomic mass is 32.2. The standard InChI is InChI=1S/C21H27N7O3S/c22-17(29)8-9-28-19(15-6-7-15)24-25-21(28)32-14-18(30)26-10-12-27(13-11-26)20(31)23-16-4-2-1-3-5-16/h1-5,15H,6-14H2,(H2,22,29)(H,23,31). The third-order valence-corrected chi connectivity index (χ3v) is 6.49. The molecule has 0 radical (unpaired) electrons. The van der Waals surface area contributed by atoms with Crippen molar-refractivity contribution in [2.45, 2.75) is 36.9 Å². The van der Waals surface area contributed by atoms with E-state index < -0.39 is 0 Å². The largest absolute Gasteiger partial charge is 0.370 e. The average molecular weight is 458 g/mol. The summed E-state index contributed by atoms with van der Waals surface area (Å²) in [4.78, 5) is 39.8. The van der Waals surface area contributed by atoms with Crippen molar-refractivity contribution in [1.82, 2.24) is 24.6 Å². The number of nitrogens with one attached hydrogen (secondary N) is 1. The Morgan fingerprint density at radius 1 is 1.03 bits per heavy atom. The quantitative estimate of drug-likeness (QED) is 0.579. The van der Waals surface area contributed by atoms with Crippen molar-refractivity contribution in [3.8, 4) is 0 Å². The SMILES string of the molecule is NC(=O)CCn1c(SCC(=O)N2CCN(C(=O)Nc3ccccc3)CC2)nnc1C1CC1. The molecule has 0 atom stereocenters. The van der Waals surface area contributed by atoms with Crippen LogP contribution in [0.3, 0.4) is 0 Å². The van der Waals surface area contributed by atoms with Crippen LogP contribution in [0.5, 0.6) is 0 Å². The summed E-state index contributed by atoms with van der Waals surface area (Å²) in [5, 5.41) is 12.0. The van der Waals surface area contributed by atoms with Gasteiger partial charge in [0.2, 0.25) is 11.8 Å². The van der Waals surface area contributed by atoms with Crippen LogP contribution in [0.4, 0.5) is 10.5 Å². The third kappa shape index (κ3) is 5.58. The molecule has 2 heterocycles. The summed E-state index contributed by atoms with van der Waals surface area (Å²) in [6.07, 6.45) is 2.35. The van der Waals surface area contributed by atoms with Gasteiger partial charge < -0.3 is 25.4 Å². The maximum absolute atomic E-state index is 12.7. The lowest BCUT2D eigenvalue weighted by atomic mass is 10.3. The molecule has 32 heavy (non-hydrogen) atoms. The number of nitrogens with zero attached hydrogens (tertiary/aromatic N) is 5. The Morgan fingerprint density at radius 3 is 2.38 bits per heavy atom. The van der Waals surface area contributed by atoms with Crippen LogP contribution in [-0.4, -0.2) is 74.3 Å². The number of urea groups is 1.